The Balaban J connectivity index is 1.97. The van der Waals surface area contributed by atoms with Gasteiger partial charge in [0.15, 0.2) is 0 Å². The molecule has 1 aliphatic carbocycles. The number of rotatable bonds is 5. The number of carbonyl (C=O) groups is 1. The summed E-state index contributed by atoms with van der Waals surface area (Å²) in [6, 6.07) is 4.22. The Labute approximate surface area is 114 Å². The summed E-state index contributed by atoms with van der Waals surface area (Å²) >= 11 is 0. The van der Waals surface area contributed by atoms with Crippen LogP contribution in [0.5, 0.6) is 0 Å². The van der Waals surface area contributed by atoms with Crippen molar-refractivity contribution in [2.75, 3.05) is 13.7 Å². The molecule has 0 bridgehead atoms. The maximum Gasteiger partial charge on any atom is 0.373 e. The van der Waals surface area contributed by atoms with Gasteiger partial charge >= 0.3 is 5.97 Å². The summed E-state index contributed by atoms with van der Waals surface area (Å²) in [6.07, 6.45) is 6.57. The lowest BCUT2D eigenvalue weighted by molar-refractivity contribution is 0.0559. The summed E-state index contributed by atoms with van der Waals surface area (Å²) in [7, 11) is 1.37. The van der Waals surface area contributed by atoms with Gasteiger partial charge in [-0.25, -0.2) is 4.79 Å². The molecule has 1 heterocycles. The van der Waals surface area contributed by atoms with Crippen molar-refractivity contribution >= 4 is 5.97 Å². The Morgan fingerprint density at radius 2 is 2.11 bits per heavy atom. The first-order valence-electron chi connectivity index (χ1n) is 7.15. The second-order valence-corrected chi connectivity index (χ2v) is 5.11. The molecule has 0 radical (unpaired) electrons. The lowest BCUT2D eigenvalue weighted by Crippen LogP contribution is -2.35. The number of carbonyl (C=O) groups excluding carboxylic acids is 1. The van der Waals surface area contributed by atoms with E-state index >= 15 is 0 Å². The fourth-order valence-corrected chi connectivity index (χ4v) is 2.82. The van der Waals surface area contributed by atoms with Gasteiger partial charge in [0.1, 0.15) is 5.76 Å². The van der Waals surface area contributed by atoms with Gasteiger partial charge in [0, 0.05) is 6.04 Å². The van der Waals surface area contributed by atoms with E-state index in [1.54, 1.807) is 6.07 Å². The Morgan fingerprint density at radius 3 is 2.74 bits per heavy atom. The number of furan rings is 1. The molecule has 1 fully saturated rings. The van der Waals surface area contributed by atoms with Gasteiger partial charge in [-0.2, -0.15) is 0 Å². The van der Waals surface area contributed by atoms with Crippen molar-refractivity contribution in [3.8, 4) is 0 Å². The molecular weight excluding hydrogens is 242 g/mol. The summed E-state index contributed by atoms with van der Waals surface area (Å²) < 4.78 is 10.2. The standard InChI is InChI=1S/C15H23NO3/c1-3-16(12-7-5-4-6-8-12)11-13-9-10-14(19-13)15(17)18-2/h9-10,12H,3-8,11H2,1-2H3. The third kappa shape index (κ3) is 3.60. The minimum atomic E-state index is -0.410. The van der Waals surface area contributed by atoms with Gasteiger partial charge in [-0.15, -0.1) is 0 Å². The van der Waals surface area contributed by atoms with Crippen LogP contribution in [0.1, 0.15) is 55.3 Å². The zero-order valence-electron chi connectivity index (χ0n) is 11.9. The average molecular weight is 265 g/mol. The second-order valence-electron chi connectivity index (χ2n) is 5.11. The van der Waals surface area contributed by atoms with Crippen LogP contribution < -0.4 is 0 Å². The Morgan fingerprint density at radius 1 is 1.37 bits per heavy atom. The fourth-order valence-electron chi connectivity index (χ4n) is 2.82. The highest BCUT2D eigenvalue weighted by Gasteiger charge is 2.21. The van der Waals surface area contributed by atoms with E-state index in [9.17, 15) is 4.79 Å². The van der Waals surface area contributed by atoms with Crippen molar-refractivity contribution in [3.05, 3.63) is 23.7 Å². The molecule has 0 N–H and O–H groups in total. The zero-order chi connectivity index (χ0) is 13.7. The topological polar surface area (TPSA) is 42.7 Å². The first-order valence-corrected chi connectivity index (χ1v) is 7.15. The van der Waals surface area contributed by atoms with Crippen LogP contribution in [-0.4, -0.2) is 30.6 Å². The highest BCUT2D eigenvalue weighted by atomic mass is 16.5. The van der Waals surface area contributed by atoms with Crippen LogP contribution in [0.15, 0.2) is 16.5 Å². The van der Waals surface area contributed by atoms with Crippen LogP contribution >= 0.6 is 0 Å². The molecule has 1 saturated carbocycles. The van der Waals surface area contributed by atoms with E-state index in [2.05, 4.69) is 16.6 Å². The first-order chi connectivity index (χ1) is 9.24. The lowest BCUT2D eigenvalue weighted by Gasteiger charge is -2.32. The molecule has 1 aliphatic rings. The highest BCUT2D eigenvalue weighted by Crippen LogP contribution is 2.24. The predicted octanol–water partition coefficient (Wildman–Crippen LogP) is 3.22. The van der Waals surface area contributed by atoms with Crippen molar-refractivity contribution in [1.82, 2.24) is 4.90 Å². The zero-order valence-corrected chi connectivity index (χ0v) is 11.9. The van der Waals surface area contributed by atoms with E-state index in [-0.39, 0.29) is 5.76 Å². The van der Waals surface area contributed by atoms with Crippen molar-refractivity contribution in [2.45, 2.75) is 51.6 Å². The summed E-state index contributed by atoms with van der Waals surface area (Å²) in [4.78, 5) is 13.8. The maximum atomic E-state index is 11.4. The minimum absolute atomic E-state index is 0.289. The van der Waals surface area contributed by atoms with Crippen molar-refractivity contribution in [2.24, 2.45) is 0 Å². The van der Waals surface area contributed by atoms with Gasteiger partial charge in [0.2, 0.25) is 5.76 Å². The Bertz CT molecular complexity index is 407. The average Bonchev–Trinajstić information content (AvgIpc) is 2.93. The van der Waals surface area contributed by atoms with Crippen LogP contribution in [0.4, 0.5) is 0 Å². The molecule has 0 spiro atoms. The van der Waals surface area contributed by atoms with E-state index < -0.39 is 5.97 Å². The van der Waals surface area contributed by atoms with Crippen molar-refractivity contribution in [1.29, 1.82) is 0 Å². The molecule has 2 rings (SSSR count). The fraction of sp³-hybridized carbons (Fsp3) is 0.667. The maximum absolute atomic E-state index is 11.4. The van der Waals surface area contributed by atoms with Gasteiger partial charge in [-0.3, -0.25) is 4.90 Å². The molecule has 0 unspecified atom stereocenters. The number of nitrogens with zero attached hydrogens (tertiary/aromatic N) is 1. The monoisotopic (exact) mass is 265 g/mol. The summed E-state index contributed by atoms with van der Waals surface area (Å²) in [5, 5.41) is 0. The van der Waals surface area contributed by atoms with Crippen LogP contribution in [-0.2, 0) is 11.3 Å². The van der Waals surface area contributed by atoms with Crippen molar-refractivity contribution < 1.29 is 13.9 Å². The predicted molar refractivity (Wildman–Crippen MR) is 73.0 cm³/mol. The molecule has 0 saturated heterocycles. The summed E-state index contributed by atoms with van der Waals surface area (Å²) in [6.45, 7) is 3.97. The molecule has 19 heavy (non-hydrogen) atoms. The van der Waals surface area contributed by atoms with E-state index in [4.69, 9.17) is 4.42 Å². The van der Waals surface area contributed by atoms with Gasteiger partial charge in [0.25, 0.3) is 0 Å². The summed E-state index contributed by atoms with van der Waals surface area (Å²) in [5.41, 5.74) is 0. The molecule has 106 valence electrons. The quantitative estimate of drug-likeness (QED) is 0.767. The van der Waals surface area contributed by atoms with E-state index in [0.717, 1.165) is 18.8 Å². The van der Waals surface area contributed by atoms with E-state index in [1.807, 2.05) is 6.07 Å². The van der Waals surface area contributed by atoms with Crippen LogP contribution in [0.25, 0.3) is 0 Å². The van der Waals surface area contributed by atoms with Crippen LogP contribution in [0.3, 0.4) is 0 Å². The molecule has 1 aromatic heterocycles. The minimum Gasteiger partial charge on any atom is -0.463 e. The lowest BCUT2D eigenvalue weighted by atomic mass is 9.94. The normalized spacial score (nSPS) is 16.8. The molecular formula is C15H23NO3. The van der Waals surface area contributed by atoms with E-state index in [1.165, 1.54) is 39.2 Å². The number of methoxy groups -OCH3 is 1. The molecule has 4 nitrogen and oxygen atoms in total. The largest absolute Gasteiger partial charge is 0.463 e. The first kappa shape index (κ1) is 14.1. The van der Waals surface area contributed by atoms with E-state index in [0.29, 0.717) is 6.04 Å². The molecule has 0 aromatic carbocycles. The Kier molecular flexibility index (Phi) is 5.02. The Hall–Kier alpha value is -1.29. The molecule has 4 heteroatoms. The number of hydrogen-bond acceptors (Lipinski definition) is 4. The molecule has 0 aliphatic heterocycles. The molecule has 0 amide bonds. The SMILES string of the molecule is CCN(Cc1ccc(C(=O)OC)o1)C1CCCCC1. The highest BCUT2D eigenvalue weighted by molar-refractivity contribution is 5.86. The third-order valence-electron chi connectivity index (χ3n) is 3.90. The number of hydrogen-bond donors (Lipinski definition) is 0. The molecule has 0 atom stereocenters. The number of ether oxygens (including phenoxy) is 1. The molecule has 1 aromatic rings. The van der Waals surface area contributed by atoms with Gasteiger partial charge < -0.3 is 9.15 Å². The van der Waals surface area contributed by atoms with Gasteiger partial charge in [-0.05, 0) is 31.5 Å². The van der Waals surface area contributed by atoms with Gasteiger partial charge in [-0.1, -0.05) is 26.2 Å². The summed E-state index contributed by atoms with van der Waals surface area (Å²) in [5.74, 6) is 0.719. The smallest absolute Gasteiger partial charge is 0.373 e. The second kappa shape index (κ2) is 6.75. The van der Waals surface area contributed by atoms with Crippen LogP contribution in [0, 0.1) is 0 Å². The van der Waals surface area contributed by atoms with Crippen molar-refractivity contribution in [3.63, 3.8) is 0 Å². The van der Waals surface area contributed by atoms with Gasteiger partial charge in [0.05, 0.1) is 13.7 Å². The van der Waals surface area contributed by atoms with Crippen LogP contribution in [0.2, 0.25) is 0 Å². The third-order valence-corrected chi connectivity index (χ3v) is 3.90. The number of esters is 1.